The van der Waals surface area contributed by atoms with Gasteiger partial charge in [-0.3, -0.25) is 14.3 Å². The highest BCUT2D eigenvalue weighted by atomic mass is 32.2. The van der Waals surface area contributed by atoms with E-state index in [4.69, 9.17) is 0 Å². The standard InChI is InChI=1S/C18H18N4O4S2/c1-3-17(24)21-18-20-15-9-6-13(10-16(15)27-18)22-28(25,26)14-7-4-12(5-8-14)19-11(2)23/h4-10,22H,3H2,1-2H3,(H,19,23)(H,20,21,24). The molecule has 0 saturated heterocycles. The lowest BCUT2D eigenvalue weighted by atomic mass is 10.3. The summed E-state index contributed by atoms with van der Waals surface area (Å²) in [5, 5.41) is 5.74. The molecule has 28 heavy (non-hydrogen) atoms. The largest absolute Gasteiger partial charge is 0.326 e. The van der Waals surface area contributed by atoms with Gasteiger partial charge in [-0.2, -0.15) is 0 Å². The van der Waals surface area contributed by atoms with Crippen LogP contribution in [0.25, 0.3) is 10.2 Å². The minimum atomic E-state index is -3.79. The van der Waals surface area contributed by atoms with Gasteiger partial charge in [-0.1, -0.05) is 18.3 Å². The summed E-state index contributed by atoms with van der Waals surface area (Å²) in [6.07, 6.45) is 0.349. The fourth-order valence-electron chi connectivity index (χ4n) is 2.38. The van der Waals surface area contributed by atoms with E-state index in [1.54, 1.807) is 25.1 Å². The number of thiazole rings is 1. The number of carbonyl (C=O) groups excluding carboxylic acids is 2. The van der Waals surface area contributed by atoms with Crippen molar-refractivity contribution in [2.24, 2.45) is 0 Å². The number of carbonyl (C=O) groups is 2. The Morgan fingerprint density at radius 2 is 1.71 bits per heavy atom. The number of nitrogens with zero attached hydrogens (tertiary/aromatic N) is 1. The van der Waals surface area contributed by atoms with E-state index in [-0.39, 0.29) is 16.7 Å². The van der Waals surface area contributed by atoms with E-state index in [1.807, 2.05) is 0 Å². The highest BCUT2D eigenvalue weighted by Gasteiger charge is 2.15. The Balaban J connectivity index is 1.80. The first-order valence-corrected chi connectivity index (χ1v) is 10.7. The van der Waals surface area contributed by atoms with Crippen molar-refractivity contribution in [3.63, 3.8) is 0 Å². The van der Waals surface area contributed by atoms with E-state index in [1.165, 1.54) is 42.5 Å². The number of amides is 2. The van der Waals surface area contributed by atoms with Gasteiger partial charge in [0.15, 0.2) is 5.13 Å². The molecule has 146 valence electrons. The molecule has 0 spiro atoms. The van der Waals surface area contributed by atoms with E-state index in [2.05, 4.69) is 20.3 Å². The first-order chi connectivity index (χ1) is 13.3. The summed E-state index contributed by atoms with van der Waals surface area (Å²) in [5.74, 6) is -0.372. The van der Waals surface area contributed by atoms with Gasteiger partial charge in [0.1, 0.15) is 0 Å². The molecule has 2 amide bonds. The van der Waals surface area contributed by atoms with Gasteiger partial charge in [0.2, 0.25) is 11.8 Å². The number of hydrogen-bond donors (Lipinski definition) is 3. The Labute approximate surface area is 166 Å². The molecule has 0 saturated carbocycles. The predicted molar refractivity (Wildman–Crippen MR) is 110 cm³/mol. The molecule has 2 aromatic carbocycles. The van der Waals surface area contributed by atoms with E-state index in [0.29, 0.717) is 28.4 Å². The number of sulfonamides is 1. The van der Waals surface area contributed by atoms with Gasteiger partial charge >= 0.3 is 0 Å². The van der Waals surface area contributed by atoms with Crippen LogP contribution in [0, 0.1) is 0 Å². The number of benzene rings is 2. The van der Waals surface area contributed by atoms with Crippen LogP contribution in [-0.2, 0) is 19.6 Å². The first-order valence-electron chi connectivity index (χ1n) is 8.38. The molecule has 0 unspecified atom stereocenters. The maximum absolute atomic E-state index is 12.6. The molecule has 0 aliphatic carbocycles. The van der Waals surface area contributed by atoms with Crippen LogP contribution in [0.5, 0.6) is 0 Å². The molecule has 3 N–H and O–H groups in total. The van der Waals surface area contributed by atoms with Crippen molar-refractivity contribution in [2.75, 3.05) is 15.4 Å². The molecule has 0 radical (unpaired) electrons. The summed E-state index contributed by atoms with van der Waals surface area (Å²) in [6.45, 7) is 3.12. The van der Waals surface area contributed by atoms with Crippen LogP contribution in [-0.4, -0.2) is 25.2 Å². The zero-order chi connectivity index (χ0) is 20.3. The topological polar surface area (TPSA) is 117 Å². The minimum absolute atomic E-state index is 0.0712. The molecule has 0 fully saturated rings. The molecular formula is C18H18N4O4S2. The van der Waals surface area contributed by atoms with Gasteiger partial charge in [-0.15, -0.1) is 0 Å². The number of rotatable bonds is 6. The van der Waals surface area contributed by atoms with Crippen molar-refractivity contribution in [1.82, 2.24) is 4.98 Å². The number of hydrogen-bond acceptors (Lipinski definition) is 6. The van der Waals surface area contributed by atoms with Crippen LogP contribution >= 0.6 is 11.3 Å². The Kier molecular flexibility index (Phi) is 5.61. The summed E-state index contributed by atoms with van der Waals surface area (Å²) in [6, 6.07) is 10.8. The van der Waals surface area contributed by atoms with Crippen LogP contribution in [0.2, 0.25) is 0 Å². The lowest BCUT2D eigenvalue weighted by Crippen LogP contribution is -2.13. The maximum atomic E-state index is 12.6. The smallest absolute Gasteiger partial charge is 0.261 e. The SMILES string of the molecule is CCC(=O)Nc1nc2ccc(NS(=O)(=O)c3ccc(NC(C)=O)cc3)cc2s1. The summed E-state index contributed by atoms with van der Waals surface area (Å²) < 4.78 is 28.5. The number of nitrogens with one attached hydrogen (secondary N) is 3. The normalized spacial score (nSPS) is 11.2. The van der Waals surface area contributed by atoms with Crippen LogP contribution in [0.3, 0.4) is 0 Å². The molecule has 1 aromatic heterocycles. The second kappa shape index (κ2) is 7.95. The fourth-order valence-corrected chi connectivity index (χ4v) is 4.35. The lowest BCUT2D eigenvalue weighted by molar-refractivity contribution is -0.116. The van der Waals surface area contributed by atoms with Crippen molar-refractivity contribution in [3.05, 3.63) is 42.5 Å². The summed E-state index contributed by atoms with van der Waals surface area (Å²) >= 11 is 1.27. The average Bonchev–Trinajstić information content (AvgIpc) is 3.02. The molecular weight excluding hydrogens is 400 g/mol. The maximum Gasteiger partial charge on any atom is 0.261 e. The van der Waals surface area contributed by atoms with Gasteiger partial charge in [0, 0.05) is 19.0 Å². The molecule has 10 heteroatoms. The van der Waals surface area contributed by atoms with E-state index in [9.17, 15) is 18.0 Å². The predicted octanol–water partition coefficient (Wildman–Crippen LogP) is 3.40. The van der Waals surface area contributed by atoms with Crippen LogP contribution in [0.4, 0.5) is 16.5 Å². The second-order valence-electron chi connectivity index (χ2n) is 5.91. The highest BCUT2D eigenvalue weighted by molar-refractivity contribution is 7.92. The molecule has 0 aliphatic rings. The molecule has 3 aromatic rings. The Bertz CT molecular complexity index is 1140. The summed E-state index contributed by atoms with van der Waals surface area (Å²) in [5.41, 5.74) is 1.56. The Morgan fingerprint density at radius 1 is 1.04 bits per heavy atom. The number of aromatic nitrogens is 1. The Hall–Kier alpha value is -2.98. The quantitative estimate of drug-likeness (QED) is 0.567. The van der Waals surface area contributed by atoms with Gasteiger partial charge in [0.05, 0.1) is 20.8 Å². The second-order valence-corrected chi connectivity index (χ2v) is 8.63. The third-order valence-corrected chi connectivity index (χ3v) is 6.02. The number of fused-ring (bicyclic) bond motifs is 1. The van der Waals surface area contributed by atoms with Crippen molar-refractivity contribution in [1.29, 1.82) is 0 Å². The summed E-state index contributed by atoms with van der Waals surface area (Å²) in [4.78, 5) is 26.9. The third kappa shape index (κ3) is 4.65. The molecule has 0 bridgehead atoms. The zero-order valence-corrected chi connectivity index (χ0v) is 16.8. The van der Waals surface area contributed by atoms with Crippen LogP contribution < -0.4 is 15.4 Å². The molecule has 0 atom stereocenters. The van der Waals surface area contributed by atoms with Crippen LogP contribution in [0.15, 0.2) is 47.4 Å². The third-order valence-electron chi connectivity index (χ3n) is 3.69. The van der Waals surface area contributed by atoms with Crippen molar-refractivity contribution in [2.45, 2.75) is 25.2 Å². The lowest BCUT2D eigenvalue weighted by Gasteiger charge is -2.09. The van der Waals surface area contributed by atoms with E-state index < -0.39 is 10.0 Å². The van der Waals surface area contributed by atoms with E-state index >= 15 is 0 Å². The fraction of sp³-hybridized carbons (Fsp3) is 0.167. The minimum Gasteiger partial charge on any atom is -0.326 e. The molecule has 8 nitrogen and oxygen atoms in total. The molecule has 1 heterocycles. The van der Waals surface area contributed by atoms with Crippen molar-refractivity contribution in [3.8, 4) is 0 Å². The monoisotopic (exact) mass is 418 g/mol. The molecule has 0 aliphatic heterocycles. The van der Waals surface area contributed by atoms with Gasteiger partial charge in [-0.05, 0) is 42.5 Å². The van der Waals surface area contributed by atoms with Gasteiger partial charge in [-0.25, -0.2) is 13.4 Å². The van der Waals surface area contributed by atoms with Crippen molar-refractivity contribution >= 4 is 59.9 Å². The van der Waals surface area contributed by atoms with E-state index in [0.717, 1.165) is 4.70 Å². The highest BCUT2D eigenvalue weighted by Crippen LogP contribution is 2.29. The van der Waals surface area contributed by atoms with Crippen molar-refractivity contribution < 1.29 is 18.0 Å². The van der Waals surface area contributed by atoms with Gasteiger partial charge < -0.3 is 10.6 Å². The number of anilines is 3. The zero-order valence-electron chi connectivity index (χ0n) is 15.1. The van der Waals surface area contributed by atoms with Gasteiger partial charge in [0.25, 0.3) is 10.0 Å². The van der Waals surface area contributed by atoms with Crippen LogP contribution in [0.1, 0.15) is 20.3 Å². The first kappa shape index (κ1) is 19.8. The molecule has 3 rings (SSSR count). The summed E-state index contributed by atoms with van der Waals surface area (Å²) in [7, 11) is -3.79. The Morgan fingerprint density at radius 3 is 2.36 bits per heavy atom. The average molecular weight is 419 g/mol.